The van der Waals surface area contributed by atoms with Crippen molar-refractivity contribution < 1.29 is 39.5 Å². The molecule has 2 rings (SSSR count). The van der Waals surface area contributed by atoms with Crippen molar-refractivity contribution in [3.63, 3.8) is 0 Å². The van der Waals surface area contributed by atoms with Crippen LogP contribution in [0.4, 0.5) is 26.3 Å². The lowest BCUT2D eigenvalue weighted by Crippen LogP contribution is -2.32. The Balaban J connectivity index is 2.25. The second-order valence-electron chi connectivity index (χ2n) is 5.42. The van der Waals surface area contributed by atoms with E-state index in [9.17, 15) is 34.8 Å². The van der Waals surface area contributed by atoms with Crippen molar-refractivity contribution in [2.45, 2.75) is 29.9 Å². The summed E-state index contributed by atoms with van der Waals surface area (Å²) in [4.78, 5) is -0.500. The molecule has 0 aromatic heterocycles. The van der Waals surface area contributed by atoms with Gasteiger partial charge in [-0.1, -0.05) is 30.3 Å². The summed E-state index contributed by atoms with van der Waals surface area (Å²) in [5, 5.41) is 0. The van der Waals surface area contributed by atoms with Gasteiger partial charge in [0.25, 0.3) is 0 Å². The number of rotatable bonds is 6. The van der Waals surface area contributed by atoms with Crippen LogP contribution in [0.15, 0.2) is 59.5 Å². The molecule has 27 heavy (non-hydrogen) atoms. The predicted octanol–water partition coefficient (Wildman–Crippen LogP) is 4.56. The van der Waals surface area contributed by atoms with E-state index in [-0.39, 0.29) is 5.56 Å². The topological polar surface area (TPSA) is 55.4 Å². The number of nitrogens with one attached hydrogen (secondary N) is 1. The van der Waals surface area contributed by atoms with E-state index in [1.165, 1.54) is 24.3 Å². The maximum absolute atomic E-state index is 12.8. The van der Waals surface area contributed by atoms with Crippen molar-refractivity contribution in [1.82, 2.24) is 4.72 Å². The maximum atomic E-state index is 12.8. The third-order valence-corrected chi connectivity index (χ3v) is 4.79. The standard InChI is InChI=1S/C16H13F6NO3S/c17-15(18,19)10-14(11-4-2-1-3-5-11)23-27(24,25)13-8-6-12(7-9-13)26-16(20,21)22/h1-9,14,23H,10H2. The van der Waals surface area contributed by atoms with Crippen LogP contribution in [0.3, 0.4) is 0 Å². The Morgan fingerprint density at radius 2 is 1.44 bits per heavy atom. The van der Waals surface area contributed by atoms with Crippen LogP contribution in [-0.2, 0) is 10.0 Å². The van der Waals surface area contributed by atoms with Gasteiger partial charge in [-0.25, -0.2) is 13.1 Å². The van der Waals surface area contributed by atoms with E-state index in [4.69, 9.17) is 0 Å². The first-order valence-corrected chi connectivity index (χ1v) is 8.84. The molecule has 1 N–H and O–H groups in total. The number of ether oxygens (including phenoxy) is 1. The average Bonchev–Trinajstić information content (AvgIpc) is 2.52. The van der Waals surface area contributed by atoms with E-state index in [0.717, 1.165) is 24.3 Å². The van der Waals surface area contributed by atoms with Gasteiger partial charge in [0.2, 0.25) is 10.0 Å². The van der Waals surface area contributed by atoms with Gasteiger partial charge in [-0.2, -0.15) is 13.2 Å². The summed E-state index contributed by atoms with van der Waals surface area (Å²) in [6, 6.07) is 8.65. The molecule has 0 aliphatic rings. The summed E-state index contributed by atoms with van der Waals surface area (Å²) in [6.07, 6.45) is -11.1. The minimum atomic E-state index is -4.95. The Morgan fingerprint density at radius 3 is 1.93 bits per heavy atom. The Morgan fingerprint density at radius 1 is 0.889 bits per heavy atom. The van der Waals surface area contributed by atoms with Crippen LogP contribution in [0.5, 0.6) is 5.75 Å². The van der Waals surface area contributed by atoms with Crippen molar-refractivity contribution in [2.75, 3.05) is 0 Å². The third-order valence-electron chi connectivity index (χ3n) is 3.30. The van der Waals surface area contributed by atoms with Gasteiger partial charge in [0.1, 0.15) is 5.75 Å². The lowest BCUT2D eigenvalue weighted by Gasteiger charge is -2.21. The molecular formula is C16H13F6NO3S. The van der Waals surface area contributed by atoms with Gasteiger partial charge in [0, 0.05) is 0 Å². The van der Waals surface area contributed by atoms with Crippen LogP contribution < -0.4 is 9.46 Å². The molecule has 0 amide bonds. The van der Waals surface area contributed by atoms with Crippen LogP contribution in [0.25, 0.3) is 0 Å². The highest BCUT2D eigenvalue weighted by molar-refractivity contribution is 7.89. The van der Waals surface area contributed by atoms with Crippen molar-refractivity contribution >= 4 is 10.0 Å². The normalized spacial score (nSPS) is 14.0. The molecule has 2 aromatic rings. The molecule has 0 saturated carbocycles. The first-order valence-electron chi connectivity index (χ1n) is 7.35. The van der Waals surface area contributed by atoms with E-state index in [1.807, 2.05) is 4.72 Å². The van der Waals surface area contributed by atoms with Gasteiger partial charge in [0.15, 0.2) is 0 Å². The fourth-order valence-corrected chi connectivity index (χ4v) is 3.44. The largest absolute Gasteiger partial charge is 0.573 e. The average molecular weight is 413 g/mol. The van der Waals surface area contributed by atoms with E-state index in [0.29, 0.717) is 0 Å². The van der Waals surface area contributed by atoms with E-state index in [1.54, 1.807) is 6.07 Å². The smallest absolute Gasteiger partial charge is 0.406 e. The Kier molecular flexibility index (Phi) is 6.05. The number of sulfonamides is 1. The molecule has 0 fully saturated rings. The summed E-state index contributed by atoms with van der Waals surface area (Å²) in [5.41, 5.74) is 0.0930. The molecular weight excluding hydrogens is 400 g/mol. The van der Waals surface area contributed by atoms with Crippen molar-refractivity contribution in [2.24, 2.45) is 0 Å². The Hall–Kier alpha value is -2.27. The lowest BCUT2D eigenvalue weighted by molar-refractivity contribution is -0.274. The fourth-order valence-electron chi connectivity index (χ4n) is 2.22. The van der Waals surface area contributed by atoms with Gasteiger partial charge in [-0.05, 0) is 29.8 Å². The molecule has 0 aliphatic heterocycles. The molecule has 0 aliphatic carbocycles. The molecule has 11 heteroatoms. The molecule has 0 radical (unpaired) electrons. The molecule has 1 atom stereocenters. The van der Waals surface area contributed by atoms with Gasteiger partial charge >= 0.3 is 12.5 Å². The maximum Gasteiger partial charge on any atom is 0.573 e. The van der Waals surface area contributed by atoms with Gasteiger partial charge < -0.3 is 4.74 Å². The summed E-state index contributed by atoms with van der Waals surface area (Å²) >= 11 is 0. The fraction of sp³-hybridized carbons (Fsp3) is 0.250. The quantitative estimate of drug-likeness (QED) is 0.707. The predicted molar refractivity (Wildman–Crippen MR) is 83.3 cm³/mol. The Bertz CT molecular complexity index is 848. The summed E-state index contributed by atoms with van der Waals surface area (Å²) in [7, 11) is -4.43. The Labute approximate surface area is 150 Å². The van der Waals surface area contributed by atoms with Crippen LogP contribution in [-0.4, -0.2) is 21.0 Å². The molecule has 148 valence electrons. The van der Waals surface area contributed by atoms with E-state index >= 15 is 0 Å². The highest BCUT2D eigenvalue weighted by Gasteiger charge is 2.35. The van der Waals surface area contributed by atoms with Gasteiger partial charge in [0.05, 0.1) is 17.4 Å². The number of halogens is 6. The van der Waals surface area contributed by atoms with Crippen molar-refractivity contribution in [1.29, 1.82) is 0 Å². The first kappa shape index (κ1) is 21.0. The zero-order chi connectivity index (χ0) is 20.3. The highest BCUT2D eigenvalue weighted by atomic mass is 32.2. The van der Waals surface area contributed by atoms with Crippen molar-refractivity contribution in [3.05, 3.63) is 60.2 Å². The van der Waals surface area contributed by atoms with Crippen LogP contribution in [0.2, 0.25) is 0 Å². The monoisotopic (exact) mass is 413 g/mol. The molecule has 2 aromatic carbocycles. The first-order chi connectivity index (χ1) is 12.4. The van der Waals surface area contributed by atoms with E-state index in [2.05, 4.69) is 4.74 Å². The molecule has 4 nitrogen and oxygen atoms in total. The minimum absolute atomic E-state index is 0.0930. The van der Waals surface area contributed by atoms with Crippen LogP contribution >= 0.6 is 0 Å². The van der Waals surface area contributed by atoms with Crippen LogP contribution in [0, 0.1) is 0 Å². The summed E-state index contributed by atoms with van der Waals surface area (Å²) < 4.78 is 105. The second-order valence-corrected chi connectivity index (χ2v) is 7.14. The minimum Gasteiger partial charge on any atom is -0.406 e. The number of alkyl halides is 6. The molecule has 0 bridgehead atoms. The zero-order valence-corrected chi connectivity index (χ0v) is 14.2. The highest BCUT2D eigenvalue weighted by Crippen LogP contribution is 2.31. The summed E-state index contributed by atoms with van der Waals surface area (Å²) in [5.74, 6) is -0.656. The SMILES string of the molecule is O=S(=O)(NC(CC(F)(F)F)c1ccccc1)c1ccc(OC(F)(F)F)cc1. The van der Waals surface area contributed by atoms with Gasteiger partial charge in [-0.15, -0.1) is 13.2 Å². The number of hydrogen-bond donors (Lipinski definition) is 1. The molecule has 0 spiro atoms. The number of benzene rings is 2. The zero-order valence-electron chi connectivity index (χ0n) is 13.4. The molecule has 0 saturated heterocycles. The summed E-state index contributed by atoms with van der Waals surface area (Å²) in [6.45, 7) is 0. The van der Waals surface area contributed by atoms with Crippen molar-refractivity contribution in [3.8, 4) is 5.75 Å². The van der Waals surface area contributed by atoms with Gasteiger partial charge in [-0.3, -0.25) is 0 Å². The molecule has 1 unspecified atom stereocenters. The number of hydrogen-bond acceptors (Lipinski definition) is 3. The molecule has 0 heterocycles. The third kappa shape index (κ3) is 6.75. The van der Waals surface area contributed by atoms with E-state index < -0.39 is 45.7 Å². The lowest BCUT2D eigenvalue weighted by atomic mass is 10.1. The van der Waals surface area contributed by atoms with Crippen LogP contribution in [0.1, 0.15) is 18.0 Å². The second kappa shape index (κ2) is 7.77.